The summed E-state index contributed by atoms with van der Waals surface area (Å²) in [7, 11) is 0. The summed E-state index contributed by atoms with van der Waals surface area (Å²) in [6, 6.07) is 8.41. The number of hydrogen-bond donors (Lipinski definition) is 0. The van der Waals surface area contributed by atoms with Crippen LogP contribution in [0.15, 0.2) is 35.3 Å². The van der Waals surface area contributed by atoms with E-state index in [1.165, 1.54) is 4.99 Å². The summed E-state index contributed by atoms with van der Waals surface area (Å²) in [5, 5.41) is 0. The van der Waals surface area contributed by atoms with Gasteiger partial charge in [0.25, 0.3) is 0 Å². The van der Waals surface area contributed by atoms with E-state index in [1.807, 2.05) is 0 Å². The van der Waals surface area contributed by atoms with Gasteiger partial charge in [0, 0.05) is 4.91 Å². The molecule has 0 bridgehead atoms. The molecule has 0 fully saturated rings. The Morgan fingerprint density at radius 1 is 1.21 bits per heavy atom. The topological polar surface area (TPSA) is 0 Å². The van der Waals surface area contributed by atoms with Gasteiger partial charge >= 0.3 is 5.51 Å². The van der Waals surface area contributed by atoms with Crippen LogP contribution in [-0.2, 0) is 0 Å². The first kappa shape index (κ1) is 11.7. The molecule has 1 aromatic carbocycles. The van der Waals surface area contributed by atoms with Gasteiger partial charge in [-0.2, -0.15) is 13.2 Å². The van der Waals surface area contributed by atoms with Crippen LogP contribution in [0.1, 0.15) is 5.56 Å². The van der Waals surface area contributed by atoms with Gasteiger partial charge in [-0.05, 0) is 22.3 Å². The maximum Gasteiger partial charge on any atom is 0.446 e. The summed E-state index contributed by atoms with van der Waals surface area (Å²) in [6.45, 7) is 0. The number of halogens is 4. The highest BCUT2D eigenvalue weighted by Crippen LogP contribution is 2.41. The molecule has 0 aromatic heterocycles. The molecule has 1 rings (SSSR count). The Hall–Kier alpha value is -0.420. The third kappa shape index (κ3) is 3.75. The number of thioether (sulfide) groups is 1. The van der Waals surface area contributed by atoms with Crippen LogP contribution in [-0.4, -0.2) is 5.51 Å². The lowest BCUT2D eigenvalue weighted by atomic mass is 10.2. The highest BCUT2D eigenvalue weighted by atomic mass is 79.9. The minimum absolute atomic E-state index is 0.131. The zero-order valence-electron chi connectivity index (χ0n) is 6.88. The van der Waals surface area contributed by atoms with Gasteiger partial charge in [0.15, 0.2) is 0 Å². The Labute approximate surface area is 92.3 Å². The van der Waals surface area contributed by atoms with Crippen molar-refractivity contribution in [2.24, 2.45) is 0 Å². The highest BCUT2D eigenvalue weighted by molar-refractivity contribution is 9.11. The second-order valence-corrected chi connectivity index (χ2v) is 3.95. The molecule has 0 unspecified atom stereocenters. The third-order valence-electron chi connectivity index (χ3n) is 1.38. The predicted octanol–water partition coefficient (Wildman–Crippen LogP) is 4.63. The van der Waals surface area contributed by atoms with E-state index in [0.29, 0.717) is 5.56 Å². The van der Waals surface area contributed by atoms with Crippen molar-refractivity contribution in [3.8, 4) is 0 Å². The van der Waals surface area contributed by atoms with Gasteiger partial charge in [-0.1, -0.05) is 46.3 Å². The SMILES string of the molecule is FC(F)(F)S/C(=C/Br)c1ccccc1. The molecule has 0 atom stereocenters. The normalized spacial score (nSPS) is 13.0. The van der Waals surface area contributed by atoms with E-state index in [1.54, 1.807) is 30.3 Å². The first-order valence-corrected chi connectivity index (χ1v) is 5.37. The molecular formula is C9H6BrF3S. The minimum atomic E-state index is -4.25. The summed E-state index contributed by atoms with van der Waals surface area (Å²) < 4.78 is 36.2. The van der Waals surface area contributed by atoms with Crippen molar-refractivity contribution in [1.82, 2.24) is 0 Å². The lowest BCUT2D eigenvalue weighted by Gasteiger charge is -2.08. The Kier molecular flexibility index (Phi) is 4.07. The summed E-state index contributed by atoms with van der Waals surface area (Å²) in [5.41, 5.74) is -3.71. The molecule has 0 saturated carbocycles. The second kappa shape index (κ2) is 4.89. The molecule has 0 amide bonds. The van der Waals surface area contributed by atoms with Crippen molar-refractivity contribution in [1.29, 1.82) is 0 Å². The van der Waals surface area contributed by atoms with Crippen LogP contribution in [0.4, 0.5) is 13.2 Å². The average Bonchev–Trinajstić information content (AvgIpc) is 2.14. The molecule has 0 aliphatic carbocycles. The first-order valence-electron chi connectivity index (χ1n) is 3.64. The number of alkyl halides is 3. The van der Waals surface area contributed by atoms with Crippen LogP contribution >= 0.6 is 27.7 Å². The monoisotopic (exact) mass is 282 g/mol. The molecule has 5 heteroatoms. The number of rotatable bonds is 2. The van der Waals surface area contributed by atoms with Crippen molar-refractivity contribution >= 4 is 32.6 Å². The highest BCUT2D eigenvalue weighted by Gasteiger charge is 2.30. The molecule has 0 spiro atoms. The lowest BCUT2D eigenvalue weighted by molar-refractivity contribution is -0.0317. The van der Waals surface area contributed by atoms with Crippen LogP contribution in [0.25, 0.3) is 4.91 Å². The molecule has 76 valence electrons. The van der Waals surface area contributed by atoms with E-state index >= 15 is 0 Å². The summed E-state index contributed by atoms with van der Waals surface area (Å²) in [4.78, 5) is 1.43. The Bertz CT molecular complexity index is 319. The smallest absolute Gasteiger partial charge is 0.160 e. The van der Waals surface area contributed by atoms with E-state index in [0.717, 1.165) is 0 Å². The maximum atomic E-state index is 12.1. The summed E-state index contributed by atoms with van der Waals surface area (Å²) >= 11 is 2.79. The Balaban J connectivity index is 2.85. The zero-order valence-corrected chi connectivity index (χ0v) is 9.29. The third-order valence-corrected chi connectivity index (χ3v) is 2.95. The standard InChI is InChI=1S/C9H6BrF3S/c10-6-8(14-9(11,12)13)7-4-2-1-3-5-7/h1-6H/b8-6+. The Morgan fingerprint density at radius 2 is 1.79 bits per heavy atom. The van der Waals surface area contributed by atoms with E-state index in [4.69, 9.17) is 0 Å². The quantitative estimate of drug-likeness (QED) is 0.762. The van der Waals surface area contributed by atoms with Gasteiger partial charge in [-0.15, -0.1) is 0 Å². The molecule has 0 N–H and O–H groups in total. The molecule has 14 heavy (non-hydrogen) atoms. The largest absolute Gasteiger partial charge is 0.446 e. The van der Waals surface area contributed by atoms with Gasteiger partial charge in [0.1, 0.15) is 0 Å². The number of benzene rings is 1. The molecule has 0 saturated heterocycles. The lowest BCUT2D eigenvalue weighted by Crippen LogP contribution is -1.99. The van der Waals surface area contributed by atoms with Crippen molar-refractivity contribution in [3.63, 3.8) is 0 Å². The van der Waals surface area contributed by atoms with E-state index in [2.05, 4.69) is 15.9 Å². The van der Waals surface area contributed by atoms with Crippen LogP contribution < -0.4 is 0 Å². The maximum absolute atomic E-state index is 12.1. The predicted molar refractivity (Wildman–Crippen MR) is 57.0 cm³/mol. The second-order valence-electron chi connectivity index (χ2n) is 2.39. The fourth-order valence-corrected chi connectivity index (χ4v) is 1.96. The molecule has 0 heterocycles. The molecular weight excluding hydrogens is 277 g/mol. The Morgan fingerprint density at radius 3 is 2.21 bits per heavy atom. The fourth-order valence-electron chi connectivity index (χ4n) is 0.871. The van der Waals surface area contributed by atoms with Crippen molar-refractivity contribution < 1.29 is 13.2 Å². The van der Waals surface area contributed by atoms with Crippen LogP contribution in [0.5, 0.6) is 0 Å². The summed E-state index contributed by atoms with van der Waals surface area (Å²) in [5.74, 6) is 0. The van der Waals surface area contributed by atoms with Crippen molar-refractivity contribution in [2.75, 3.05) is 0 Å². The molecule has 0 aliphatic heterocycles. The molecule has 0 aliphatic rings. The molecule has 0 nitrogen and oxygen atoms in total. The molecule has 0 radical (unpaired) electrons. The van der Waals surface area contributed by atoms with Crippen molar-refractivity contribution in [2.45, 2.75) is 5.51 Å². The van der Waals surface area contributed by atoms with Gasteiger partial charge in [0.05, 0.1) is 0 Å². The van der Waals surface area contributed by atoms with Crippen LogP contribution in [0.2, 0.25) is 0 Å². The van der Waals surface area contributed by atoms with Gasteiger partial charge < -0.3 is 0 Å². The van der Waals surface area contributed by atoms with E-state index in [-0.39, 0.29) is 16.7 Å². The average molecular weight is 283 g/mol. The fraction of sp³-hybridized carbons (Fsp3) is 0.111. The van der Waals surface area contributed by atoms with Gasteiger partial charge in [0.2, 0.25) is 0 Å². The van der Waals surface area contributed by atoms with Gasteiger partial charge in [-0.3, -0.25) is 0 Å². The minimum Gasteiger partial charge on any atom is -0.160 e. The van der Waals surface area contributed by atoms with E-state index in [9.17, 15) is 13.2 Å². The van der Waals surface area contributed by atoms with E-state index < -0.39 is 5.51 Å². The van der Waals surface area contributed by atoms with Crippen molar-refractivity contribution in [3.05, 3.63) is 40.9 Å². The van der Waals surface area contributed by atoms with Crippen LogP contribution in [0.3, 0.4) is 0 Å². The number of hydrogen-bond acceptors (Lipinski definition) is 1. The first-order chi connectivity index (χ1) is 6.53. The van der Waals surface area contributed by atoms with Gasteiger partial charge in [-0.25, -0.2) is 0 Å². The zero-order chi connectivity index (χ0) is 10.6. The van der Waals surface area contributed by atoms with Crippen LogP contribution in [0, 0.1) is 0 Å². The summed E-state index contributed by atoms with van der Waals surface area (Å²) in [6.07, 6.45) is 0. The molecule has 1 aromatic rings.